The van der Waals surface area contributed by atoms with E-state index in [1.807, 2.05) is 13.0 Å². The van der Waals surface area contributed by atoms with Crippen molar-refractivity contribution in [3.63, 3.8) is 0 Å². The second-order valence-corrected chi connectivity index (χ2v) is 6.09. The van der Waals surface area contributed by atoms with Crippen molar-refractivity contribution in [3.05, 3.63) is 42.1 Å². The van der Waals surface area contributed by atoms with Crippen LogP contribution >= 0.6 is 0 Å². The molecule has 0 amide bonds. The van der Waals surface area contributed by atoms with Gasteiger partial charge in [0.2, 0.25) is 0 Å². The minimum atomic E-state index is -3.60. The lowest BCUT2D eigenvalue weighted by molar-refractivity contribution is 0.600. The lowest BCUT2D eigenvalue weighted by Gasteiger charge is -2.08. The molecule has 6 nitrogen and oxygen atoms in total. The first-order valence-corrected chi connectivity index (χ1v) is 7.81. The Hall–Kier alpha value is -1.86. The number of hydrogen-bond acceptors (Lipinski definition) is 4. The smallest absolute Gasteiger partial charge is 0.263 e. The molecule has 0 saturated heterocycles. The molecule has 0 fully saturated rings. The van der Waals surface area contributed by atoms with Crippen LogP contribution in [-0.2, 0) is 23.6 Å². The van der Waals surface area contributed by atoms with Crippen LogP contribution in [-0.4, -0.2) is 24.7 Å². The quantitative estimate of drug-likeness (QED) is 0.843. The van der Waals surface area contributed by atoms with Gasteiger partial charge in [0, 0.05) is 25.9 Å². The van der Waals surface area contributed by atoms with Crippen LogP contribution in [0.25, 0.3) is 0 Å². The minimum absolute atomic E-state index is 0.235. The maximum Gasteiger partial charge on any atom is 0.263 e. The van der Waals surface area contributed by atoms with Crippen molar-refractivity contribution in [1.82, 2.24) is 15.1 Å². The van der Waals surface area contributed by atoms with Crippen LogP contribution in [0.2, 0.25) is 0 Å². The monoisotopic (exact) mass is 294 g/mol. The maximum atomic E-state index is 12.3. The van der Waals surface area contributed by atoms with Gasteiger partial charge in [0.1, 0.15) is 0 Å². The number of nitrogens with zero attached hydrogens (tertiary/aromatic N) is 2. The zero-order valence-electron chi connectivity index (χ0n) is 11.5. The Balaban J connectivity index is 2.20. The average Bonchev–Trinajstić information content (AvgIpc) is 2.81. The normalized spacial score (nSPS) is 11.5. The van der Waals surface area contributed by atoms with Crippen LogP contribution in [0.15, 0.2) is 41.4 Å². The molecular formula is C13H18N4O2S. The van der Waals surface area contributed by atoms with Gasteiger partial charge in [0.15, 0.2) is 5.82 Å². The van der Waals surface area contributed by atoms with Crippen LogP contribution in [0.3, 0.4) is 0 Å². The molecule has 0 atom stereocenters. The molecule has 0 unspecified atom stereocenters. The fourth-order valence-corrected chi connectivity index (χ4v) is 2.82. The highest BCUT2D eigenvalue weighted by Crippen LogP contribution is 2.15. The molecule has 1 heterocycles. The van der Waals surface area contributed by atoms with E-state index in [1.54, 1.807) is 42.2 Å². The van der Waals surface area contributed by atoms with Gasteiger partial charge in [-0.05, 0) is 24.2 Å². The minimum Gasteiger partial charge on any atom is -0.313 e. The fourth-order valence-electron chi connectivity index (χ4n) is 1.76. The van der Waals surface area contributed by atoms with Crippen LogP contribution in [0.1, 0.15) is 12.5 Å². The first-order valence-electron chi connectivity index (χ1n) is 6.33. The molecule has 7 heteroatoms. The summed E-state index contributed by atoms with van der Waals surface area (Å²) in [6, 6.07) is 8.47. The summed E-state index contributed by atoms with van der Waals surface area (Å²) in [5.41, 5.74) is 0.927. The van der Waals surface area contributed by atoms with Gasteiger partial charge in [-0.3, -0.25) is 9.40 Å². The van der Waals surface area contributed by atoms with Gasteiger partial charge in [0.05, 0.1) is 4.90 Å². The van der Waals surface area contributed by atoms with E-state index in [9.17, 15) is 8.42 Å². The summed E-state index contributed by atoms with van der Waals surface area (Å²) in [7, 11) is -1.87. The SMILES string of the molecule is CCNCc1cccc(S(=O)(=O)Nc2ccn(C)n2)c1. The molecule has 0 aliphatic rings. The number of benzene rings is 1. The third-order valence-electron chi connectivity index (χ3n) is 2.74. The van der Waals surface area contributed by atoms with E-state index in [1.165, 1.54) is 0 Å². The van der Waals surface area contributed by atoms with Gasteiger partial charge in [0.25, 0.3) is 10.0 Å². The molecule has 2 rings (SSSR count). The third kappa shape index (κ3) is 3.58. The van der Waals surface area contributed by atoms with Crippen molar-refractivity contribution in [2.75, 3.05) is 11.3 Å². The summed E-state index contributed by atoms with van der Waals surface area (Å²) in [6.07, 6.45) is 1.68. The first-order chi connectivity index (χ1) is 9.51. The summed E-state index contributed by atoms with van der Waals surface area (Å²) in [5, 5.41) is 7.17. The highest BCUT2D eigenvalue weighted by molar-refractivity contribution is 7.92. The lowest BCUT2D eigenvalue weighted by atomic mass is 10.2. The molecule has 0 bridgehead atoms. The molecule has 0 spiro atoms. The van der Waals surface area contributed by atoms with Gasteiger partial charge in [-0.1, -0.05) is 19.1 Å². The zero-order valence-corrected chi connectivity index (χ0v) is 12.3. The number of aryl methyl sites for hydroxylation is 1. The highest BCUT2D eigenvalue weighted by atomic mass is 32.2. The van der Waals surface area contributed by atoms with E-state index in [0.717, 1.165) is 12.1 Å². The first kappa shape index (κ1) is 14.5. The molecule has 1 aromatic carbocycles. The third-order valence-corrected chi connectivity index (χ3v) is 4.09. The number of aromatic nitrogens is 2. The topological polar surface area (TPSA) is 76.0 Å². The summed E-state index contributed by atoms with van der Waals surface area (Å²) >= 11 is 0. The fraction of sp³-hybridized carbons (Fsp3) is 0.308. The van der Waals surface area contributed by atoms with Crippen molar-refractivity contribution in [3.8, 4) is 0 Å². The molecule has 0 saturated carbocycles. The average molecular weight is 294 g/mol. The second kappa shape index (κ2) is 6.06. The molecule has 2 N–H and O–H groups in total. The van der Waals surface area contributed by atoms with Gasteiger partial charge in [-0.2, -0.15) is 5.10 Å². The van der Waals surface area contributed by atoms with Crippen molar-refractivity contribution in [1.29, 1.82) is 0 Å². The molecule has 0 aliphatic carbocycles. The summed E-state index contributed by atoms with van der Waals surface area (Å²) in [4.78, 5) is 0.235. The lowest BCUT2D eigenvalue weighted by Crippen LogP contribution is -2.15. The Bertz CT molecular complexity index is 679. The zero-order chi connectivity index (χ0) is 14.6. The van der Waals surface area contributed by atoms with Gasteiger partial charge < -0.3 is 5.32 Å². The van der Waals surface area contributed by atoms with E-state index < -0.39 is 10.0 Å². The van der Waals surface area contributed by atoms with Gasteiger partial charge >= 0.3 is 0 Å². The number of nitrogens with one attached hydrogen (secondary N) is 2. The number of hydrogen-bond donors (Lipinski definition) is 2. The van der Waals surface area contributed by atoms with Crippen LogP contribution in [0.5, 0.6) is 0 Å². The van der Waals surface area contributed by atoms with Crippen molar-refractivity contribution in [2.24, 2.45) is 7.05 Å². The van der Waals surface area contributed by atoms with E-state index in [4.69, 9.17) is 0 Å². The summed E-state index contributed by atoms with van der Waals surface area (Å²) in [6.45, 7) is 3.48. The van der Waals surface area contributed by atoms with E-state index >= 15 is 0 Å². The van der Waals surface area contributed by atoms with E-state index in [0.29, 0.717) is 12.4 Å². The maximum absolute atomic E-state index is 12.3. The van der Waals surface area contributed by atoms with Crippen LogP contribution in [0.4, 0.5) is 5.82 Å². The molecule has 2 aromatic rings. The number of rotatable bonds is 6. The number of anilines is 1. The van der Waals surface area contributed by atoms with E-state index in [2.05, 4.69) is 15.1 Å². The standard InChI is InChI=1S/C13H18N4O2S/c1-3-14-10-11-5-4-6-12(9-11)20(18,19)16-13-7-8-17(2)15-13/h4-9,14H,3,10H2,1-2H3,(H,15,16). The summed E-state index contributed by atoms with van der Waals surface area (Å²) < 4.78 is 28.5. The van der Waals surface area contributed by atoms with Crippen LogP contribution in [0, 0.1) is 0 Å². The Labute approximate surface area is 118 Å². The molecule has 108 valence electrons. The van der Waals surface area contributed by atoms with Crippen molar-refractivity contribution >= 4 is 15.8 Å². The molecule has 0 radical (unpaired) electrons. The predicted molar refractivity (Wildman–Crippen MR) is 77.8 cm³/mol. The van der Waals surface area contributed by atoms with Gasteiger partial charge in [-0.25, -0.2) is 8.42 Å². The van der Waals surface area contributed by atoms with Crippen molar-refractivity contribution < 1.29 is 8.42 Å². The Morgan fingerprint density at radius 1 is 1.30 bits per heavy atom. The van der Waals surface area contributed by atoms with Crippen molar-refractivity contribution in [2.45, 2.75) is 18.4 Å². The van der Waals surface area contributed by atoms with Crippen LogP contribution < -0.4 is 10.0 Å². The Morgan fingerprint density at radius 2 is 2.10 bits per heavy atom. The second-order valence-electron chi connectivity index (χ2n) is 4.41. The molecular weight excluding hydrogens is 276 g/mol. The molecule has 1 aromatic heterocycles. The molecule has 20 heavy (non-hydrogen) atoms. The largest absolute Gasteiger partial charge is 0.313 e. The van der Waals surface area contributed by atoms with Gasteiger partial charge in [-0.15, -0.1) is 0 Å². The number of sulfonamides is 1. The Kier molecular flexibility index (Phi) is 4.41. The predicted octanol–water partition coefficient (Wildman–Crippen LogP) is 1.33. The highest BCUT2D eigenvalue weighted by Gasteiger charge is 2.15. The van der Waals surface area contributed by atoms with E-state index in [-0.39, 0.29) is 4.90 Å². The Morgan fingerprint density at radius 3 is 2.75 bits per heavy atom. The molecule has 0 aliphatic heterocycles. The summed E-state index contributed by atoms with van der Waals surface area (Å²) in [5.74, 6) is 0.310.